The number of aryl methyl sites for hydroxylation is 1. The molecule has 1 amide bonds. The van der Waals surface area contributed by atoms with Gasteiger partial charge in [0.05, 0.1) is 6.54 Å². The number of halogens is 2. The number of benzene rings is 1. The van der Waals surface area contributed by atoms with Crippen molar-refractivity contribution in [1.29, 1.82) is 0 Å². The van der Waals surface area contributed by atoms with Gasteiger partial charge >= 0.3 is 0 Å². The third kappa shape index (κ3) is 6.39. The fourth-order valence-electron chi connectivity index (χ4n) is 2.58. The second-order valence-electron chi connectivity index (χ2n) is 6.10. The van der Waals surface area contributed by atoms with Crippen molar-refractivity contribution in [3.63, 3.8) is 0 Å². The van der Waals surface area contributed by atoms with Crippen molar-refractivity contribution in [3.05, 3.63) is 58.5 Å². The van der Waals surface area contributed by atoms with Gasteiger partial charge in [0, 0.05) is 22.9 Å². The summed E-state index contributed by atoms with van der Waals surface area (Å²) in [6, 6.07) is 11.5. The topological polar surface area (TPSA) is 95.7 Å². The minimum atomic E-state index is -0.153. The summed E-state index contributed by atoms with van der Waals surface area (Å²) in [5, 5.41) is 17.3. The lowest BCUT2D eigenvalue weighted by Crippen LogP contribution is -2.41. The molecular weight excluding hydrogens is 549 g/mol. The van der Waals surface area contributed by atoms with E-state index in [0.717, 1.165) is 27.2 Å². The number of aliphatic imine (C=N–C) groups is 1. The van der Waals surface area contributed by atoms with Crippen molar-refractivity contribution < 1.29 is 4.79 Å². The van der Waals surface area contributed by atoms with Crippen molar-refractivity contribution in [1.82, 2.24) is 25.2 Å². The number of carbonyl (C=O) groups is 1. The first-order valence-electron chi connectivity index (χ1n) is 8.93. The van der Waals surface area contributed by atoms with Crippen LogP contribution in [0.5, 0.6) is 0 Å². The van der Waals surface area contributed by atoms with Crippen LogP contribution in [0.2, 0.25) is 0 Å². The van der Waals surface area contributed by atoms with Gasteiger partial charge < -0.3 is 16.0 Å². The Bertz CT molecular complexity index is 1010. The van der Waals surface area contributed by atoms with E-state index in [1.54, 1.807) is 0 Å². The number of nitrogens with zero attached hydrogens (tertiary/aromatic N) is 4. The van der Waals surface area contributed by atoms with Gasteiger partial charge in [0.1, 0.15) is 6.54 Å². The van der Waals surface area contributed by atoms with Gasteiger partial charge in [-0.1, -0.05) is 28.1 Å². The highest BCUT2D eigenvalue weighted by Gasteiger charge is 2.08. The van der Waals surface area contributed by atoms with Crippen molar-refractivity contribution in [2.45, 2.75) is 20.4 Å². The second-order valence-corrected chi connectivity index (χ2v) is 7.02. The van der Waals surface area contributed by atoms with Crippen molar-refractivity contribution in [2.75, 3.05) is 18.4 Å². The molecule has 29 heavy (non-hydrogen) atoms. The summed E-state index contributed by atoms with van der Waals surface area (Å²) in [7, 11) is 0. The molecule has 0 fully saturated rings. The predicted molar refractivity (Wildman–Crippen MR) is 129 cm³/mol. The van der Waals surface area contributed by atoms with Gasteiger partial charge in [-0.15, -0.1) is 34.2 Å². The Morgan fingerprint density at radius 3 is 2.83 bits per heavy atom. The Labute approximate surface area is 194 Å². The molecule has 0 aliphatic heterocycles. The van der Waals surface area contributed by atoms with Gasteiger partial charge in [-0.3, -0.25) is 9.20 Å². The summed E-state index contributed by atoms with van der Waals surface area (Å²) in [4.78, 5) is 16.8. The van der Waals surface area contributed by atoms with E-state index in [4.69, 9.17) is 0 Å². The molecular formula is C19H23BrIN7O. The lowest BCUT2D eigenvalue weighted by atomic mass is 10.2. The number of fused-ring (bicyclic) bond motifs is 1. The largest absolute Gasteiger partial charge is 0.357 e. The third-order valence-electron chi connectivity index (χ3n) is 4.00. The average molecular weight is 572 g/mol. The van der Waals surface area contributed by atoms with Crippen LogP contribution >= 0.6 is 39.9 Å². The molecule has 2 aromatic heterocycles. The third-order valence-corrected chi connectivity index (χ3v) is 4.49. The second kappa shape index (κ2) is 11.1. The lowest BCUT2D eigenvalue weighted by Gasteiger charge is -2.12. The van der Waals surface area contributed by atoms with Gasteiger partial charge in [0.15, 0.2) is 17.4 Å². The maximum absolute atomic E-state index is 12.3. The molecule has 0 spiro atoms. The Morgan fingerprint density at radius 1 is 1.21 bits per heavy atom. The number of pyridine rings is 1. The van der Waals surface area contributed by atoms with Crippen LogP contribution in [0.15, 0.2) is 52.1 Å². The molecule has 3 N–H and O–H groups in total. The average Bonchev–Trinajstić information content (AvgIpc) is 3.10. The predicted octanol–water partition coefficient (Wildman–Crippen LogP) is 3.11. The molecule has 10 heteroatoms. The molecule has 0 aliphatic rings. The van der Waals surface area contributed by atoms with Crippen LogP contribution in [0.25, 0.3) is 5.65 Å². The number of anilines is 1. The highest BCUT2D eigenvalue weighted by Crippen LogP contribution is 2.20. The molecule has 0 saturated heterocycles. The molecule has 8 nitrogen and oxygen atoms in total. The molecule has 2 heterocycles. The zero-order chi connectivity index (χ0) is 19.9. The Balaban J connectivity index is 0.00000300. The molecule has 3 aromatic rings. The van der Waals surface area contributed by atoms with Gasteiger partial charge in [0.25, 0.3) is 0 Å². The van der Waals surface area contributed by atoms with E-state index in [-0.39, 0.29) is 36.4 Å². The minimum absolute atomic E-state index is 0. The van der Waals surface area contributed by atoms with E-state index in [9.17, 15) is 4.79 Å². The zero-order valence-corrected chi connectivity index (χ0v) is 20.1. The highest BCUT2D eigenvalue weighted by molar-refractivity contribution is 14.0. The van der Waals surface area contributed by atoms with Crippen LogP contribution in [0, 0.1) is 6.92 Å². The molecule has 154 valence electrons. The summed E-state index contributed by atoms with van der Waals surface area (Å²) in [6.07, 6.45) is 1.90. The first-order valence-corrected chi connectivity index (χ1v) is 9.73. The summed E-state index contributed by atoms with van der Waals surface area (Å²) >= 11 is 3.42. The van der Waals surface area contributed by atoms with Gasteiger partial charge in [-0.2, -0.15) is 0 Å². The van der Waals surface area contributed by atoms with Crippen LogP contribution in [-0.4, -0.2) is 39.6 Å². The van der Waals surface area contributed by atoms with Crippen LogP contribution in [0.1, 0.15) is 18.3 Å². The molecule has 0 saturated carbocycles. The number of guanidine groups is 1. The van der Waals surface area contributed by atoms with E-state index < -0.39 is 0 Å². The summed E-state index contributed by atoms with van der Waals surface area (Å²) < 4.78 is 2.80. The van der Waals surface area contributed by atoms with E-state index in [1.165, 1.54) is 0 Å². The molecule has 1 aromatic carbocycles. The Hall–Kier alpha value is -2.21. The molecule has 0 bridgehead atoms. The minimum Gasteiger partial charge on any atom is -0.357 e. The van der Waals surface area contributed by atoms with Gasteiger partial charge in [-0.05, 0) is 43.7 Å². The molecule has 0 atom stereocenters. The first kappa shape index (κ1) is 23.1. The Kier molecular flexibility index (Phi) is 8.83. The standard InChI is InChI=1S/C19H22BrN7O.HI/c1-3-21-19(22-11-17-26-25-16-6-4-5-9-27(16)17)23-12-18(28)24-15-10-14(20)8-7-13(15)2;/h4-10H,3,11-12H2,1-2H3,(H,24,28)(H2,21,22,23);1H. The zero-order valence-electron chi connectivity index (χ0n) is 16.1. The number of rotatable bonds is 6. The number of aromatic nitrogens is 3. The number of hydrogen-bond donors (Lipinski definition) is 3. The van der Waals surface area contributed by atoms with Crippen molar-refractivity contribution >= 4 is 63.1 Å². The van der Waals surface area contributed by atoms with E-state index in [0.29, 0.717) is 19.0 Å². The number of amides is 1. The van der Waals surface area contributed by atoms with Gasteiger partial charge in [-0.25, -0.2) is 4.99 Å². The van der Waals surface area contributed by atoms with E-state index in [2.05, 4.69) is 47.1 Å². The van der Waals surface area contributed by atoms with Gasteiger partial charge in [0.2, 0.25) is 5.91 Å². The fourth-order valence-corrected chi connectivity index (χ4v) is 2.94. The summed E-state index contributed by atoms with van der Waals surface area (Å²) in [5.74, 6) is 1.11. The smallest absolute Gasteiger partial charge is 0.243 e. The number of carbonyl (C=O) groups excluding carboxylic acids is 1. The molecule has 0 unspecified atom stereocenters. The van der Waals surface area contributed by atoms with Crippen LogP contribution in [-0.2, 0) is 11.3 Å². The van der Waals surface area contributed by atoms with Crippen LogP contribution in [0.3, 0.4) is 0 Å². The van der Waals surface area contributed by atoms with E-state index in [1.807, 2.05) is 60.8 Å². The highest BCUT2D eigenvalue weighted by atomic mass is 127. The van der Waals surface area contributed by atoms with Crippen molar-refractivity contribution in [2.24, 2.45) is 4.99 Å². The maximum atomic E-state index is 12.3. The lowest BCUT2D eigenvalue weighted by molar-refractivity contribution is -0.115. The number of hydrogen-bond acceptors (Lipinski definition) is 4. The summed E-state index contributed by atoms with van der Waals surface area (Å²) in [5.41, 5.74) is 2.54. The monoisotopic (exact) mass is 571 g/mol. The molecule has 0 radical (unpaired) electrons. The normalized spacial score (nSPS) is 11.1. The van der Waals surface area contributed by atoms with Crippen LogP contribution < -0.4 is 16.0 Å². The maximum Gasteiger partial charge on any atom is 0.243 e. The molecule has 0 aliphatic carbocycles. The van der Waals surface area contributed by atoms with E-state index >= 15 is 0 Å². The number of nitrogens with one attached hydrogen (secondary N) is 3. The van der Waals surface area contributed by atoms with Crippen molar-refractivity contribution in [3.8, 4) is 0 Å². The first-order chi connectivity index (χ1) is 13.6. The Morgan fingerprint density at radius 2 is 2.03 bits per heavy atom. The summed E-state index contributed by atoms with van der Waals surface area (Å²) in [6.45, 7) is 5.03. The SMILES string of the molecule is CCNC(=NCc1nnc2ccccn12)NCC(=O)Nc1cc(Br)ccc1C.I. The quantitative estimate of drug-likeness (QED) is 0.240. The molecule has 3 rings (SSSR count). The fraction of sp³-hybridized carbons (Fsp3) is 0.263. The van der Waals surface area contributed by atoms with Crippen LogP contribution in [0.4, 0.5) is 5.69 Å².